The summed E-state index contributed by atoms with van der Waals surface area (Å²) in [6.45, 7) is 3.61. The summed E-state index contributed by atoms with van der Waals surface area (Å²) in [6, 6.07) is 7.43. The van der Waals surface area contributed by atoms with Gasteiger partial charge in [0.25, 0.3) is 0 Å². The summed E-state index contributed by atoms with van der Waals surface area (Å²) in [5.74, 6) is -0.872. The van der Waals surface area contributed by atoms with Gasteiger partial charge in [-0.3, -0.25) is 9.59 Å². The number of Topliss-reactive ketones (excluding diaryl/α,β-unsaturated/α-hetero) is 1. The maximum Gasteiger partial charge on any atom is 0.303 e. The van der Waals surface area contributed by atoms with E-state index in [0.717, 1.165) is 4.90 Å². The highest BCUT2D eigenvalue weighted by atomic mass is 32.2. The Hall–Kier alpha value is -1.29. The monoisotopic (exact) mass is 266 g/mol. The van der Waals surface area contributed by atoms with Gasteiger partial charge in [-0.1, -0.05) is 26.0 Å². The van der Waals surface area contributed by atoms with E-state index in [9.17, 15) is 9.59 Å². The number of carboxylic acids is 1. The molecule has 4 heteroatoms. The molecular weight excluding hydrogens is 248 g/mol. The van der Waals surface area contributed by atoms with Crippen LogP contribution in [0.15, 0.2) is 29.2 Å². The number of carbonyl (C=O) groups excluding carboxylic acids is 1. The molecule has 0 amide bonds. The molecule has 98 valence electrons. The van der Waals surface area contributed by atoms with E-state index < -0.39 is 11.4 Å². The smallest absolute Gasteiger partial charge is 0.303 e. The second kappa shape index (κ2) is 6.05. The van der Waals surface area contributed by atoms with Gasteiger partial charge in [0.1, 0.15) is 0 Å². The van der Waals surface area contributed by atoms with Crippen molar-refractivity contribution < 1.29 is 14.7 Å². The fourth-order valence-electron chi connectivity index (χ4n) is 1.81. The third-order valence-electron chi connectivity index (χ3n) is 2.66. The van der Waals surface area contributed by atoms with Crippen molar-refractivity contribution in [3.8, 4) is 0 Å². The number of carboxylic acid groups (broad SMARTS) is 1. The predicted octanol–water partition coefficient (Wildman–Crippen LogP) is 3.48. The molecule has 18 heavy (non-hydrogen) atoms. The van der Waals surface area contributed by atoms with Crippen molar-refractivity contribution in [3.05, 3.63) is 29.8 Å². The van der Waals surface area contributed by atoms with Crippen LogP contribution in [0.2, 0.25) is 0 Å². The van der Waals surface area contributed by atoms with Crippen LogP contribution < -0.4 is 0 Å². The van der Waals surface area contributed by atoms with Gasteiger partial charge in [0, 0.05) is 16.9 Å². The Bertz CT molecular complexity index is 452. The van der Waals surface area contributed by atoms with Gasteiger partial charge < -0.3 is 5.11 Å². The summed E-state index contributed by atoms with van der Waals surface area (Å²) in [6.07, 6.45) is 2.20. The van der Waals surface area contributed by atoms with Gasteiger partial charge >= 0.3 is 5.97 Å². The normalized spacial score (nSPS) is 11.3. The van der Waals surface area contributed by atoms with Crippen LogP contribution in [0.4, 0.5) is 0 Å². The van der Waals surface area contributed by atoms with Gasteiger partial charge in [-0.25, -0.2) is 0 Å². The Morgan fingerprint density at radius 3 is 2.50 bits per heavy atom. The molecule has 0 radical (unpaired) electrons. The lowest BCUT2D eigenvalue weighted by Crippen LogP contribution is -2.21. The highest BCUT2D eigenvalue weighted by Crippen LogP contribution is 2.27. The second-order valence-electron chi connectivity index (χ2n) is 5.07. The summed E-state index contributed by atoms with van der Waals surface area (Å²) in [5, 5.41) is 8.80. The molecule has 0 heterocycles. The fourth-order valence-corrected chi connectivity index (χ4v) is 2.26. The van der Waals surface area contributed by atoms with Gasteiger partial charge in [0.05, 0.1) is 6.42 Å². The molecule has 0 saturated heterocycles. The van der Waals surface area contributed by atoms with Gasteiger partial charge in [-0.05, 0) is 23.8 Å². The number of hydrogen-bond donors (Lipinski definition) is 1. The van der Waals surface area contributed by atoms with Crippen molar-refractivity contribution in [3.63, 3.8) is 0 Å². The minimum absolute atomic E-state index is 0.000951. The first kappa shape index (κ1) is 14.8. The molecule has 0 unspecified atom stereocenters. The van der Waals surface area contributed by atoms with E-state index in [1.807, 2.05) is 24.5 Å². The van der Waals surface area contributed by atoms with Gasteiger partial charge in [0.15, 0.2) is 5.78 Å². The molecule has 0 aliphatic rings. The summed E-state index contributed by atoms with van der Waals surface area (Å²) in [5.41, 5.74) is 0.137. The van der Waals surface area contributed by atoms with Crippen LogP contribution in [0, 0.1) is 5.41 Å². The van der Waals surface area contributed by atoms with Crippen LogP contribution >= 0.6 is 11.8 Å². The average molecular weight is 266 g/mol. The molecule has 3 nitrogen and oxygen atoms in total. The number of carbonyl (C=O) groups is 2. The minimum Gasteiger partial charge on any atom is -0.481 e. The molecule has 0 spiro atoms. The topological polar surface area (TPSA) is 54.4 Å². The number of benzene rings is 1. The van der Waals surface area contributed by atoms with E-state index in [2.05, 4.69) is 0 Å². The van der Waals surface area contributed by atoms with E-state index in [0.29, 0.717) is 5.56 Å². The van der Waals surface area contributed by atoms with E-state index in [1.165, 1.54) is 0 Å². The Labute approximate surface area is 112 Å². The molecule has 0 aromatic heterocycles. The number of rotatable bonds is 6. The third kappa shape index (κ3) is 4.53. The van der Waals surface area contributed by atoms with E-state index in [-0.39, 0.29) is 18.6 Å². The number of hydrogen-bond acceptors (Lipinski definition) is 3. The highest BCUT2D eigenvalue weighted by Gasteiger charge is 2.25. The molecule has 0 atom stereocenters. The number of thioether (sulfide) groups is 1. The lowest BCUT2D eigenvalue weighted by atomic mass is 9.82. The summed E-state index contributed by atoms with van der Waals surface area (Å²) in [4.78, 5) is 23.9. The first-order valence-corrected chi connectivity index (χ1v) is 6.95. The summed E-state index contributed by atoms with van der Waals surface area (Å²) in [7, 11) is 0. The molecular formula is C14H18O3S. The SMILES string of the molecule is CSc1cccc(C(=O)CC(C)(C)CC(=O)O)c1. The molecule has 1 N–H and O–H groups in total. The lowest BCUT2D eigenvalue weighted by molar-refractivity contribution is -0.139. The highest BCUT2D eigenvalue weighted by molar-refractivity contribution is 7.98. The molecule has 1 rings (SSSR count). The van der Waals surface area contributed by atoms with E-state index in [4.69, 9.17) is 5.11 Å². The second-order valence-corrected chi connectivity index (χ2v) is 5.95. The van der Waals surface area contributed by atoms with Crippen molar-refractivity contribution in [2.24, 2.45) is 5.41 Å². The predicted molar refractivity (Wildman–Crippen MR) is 73.2 cm³/mol. The molecule has 0 aliphatic heterocycles. The van der Waals surface area contributed by atoms with Crippen molar-refractivity contribution in [2.75, 3.05) is 6.26 Å². The third-order valence-corrected chi connectivity index (χ3v) is 3.39. The maximum atomic E-state index is 12.1. The van der Waals surface area contributed by atoms with Crippen LogP contribution in [-0.2, 0) is 4.79 Å². The molecule has 1 aromatic carbocycles. The number of ketones is 1. The average Bonchev–Trinajstić information content (AvgIpc) is 2.26. The Kier molecular flexibility index (Phi) is 4.96. The minimum atomic E-state index is -0.870. The first-order valence-electron chi connectivity index (χ1n) is 5.73. The maximum absolute atomic E-state index is 12.1. The molecule has 0 bridgehead atoms. The Morgan fingerprint density at radius 1 is 1.28 bits per heavy atom. The first-order chi connectivity index (χ1) is 8.34. The van der Waals surface area contributed by atoms with Crippen molar-refractivity contribution in [1.29, 1.82) is 0 Å². The van der Waals surface area contributed by atoms with Gasteiger partial charge in [0.2, 0.25) is 0 Å². The summed E-state index contributed by atoms with van der Waals surface area (Å²) < 4.78 is 0. The zero-order valence-corrected chi connectivity index (χ0v) is 11.7. The van der Waals surface area contributed by atoms with Crippen LogP contribution in [-0.4, -0.2) is 23.1 Å². The van der Waals surface area contributed by atoms with Crippen LogP contribution in [0.5, 0.6) is 0 Å². The standard InChI is InChI=1S/C14H18O3S/c1-14(2,9-13(16)17)8-12(15)10-5-4-6-11(7-10)18-3/h4-7H,8-9H2,1-3H3,(H,16,17). The molecule has 0 saturated carbocycles. The Morgan fingerprint density at radius 2 is 1.94 bits per heavy atom. The van der Waals surface area contributed by atoms with Crippen molar-refractivity contribution >= 4 is 23.5 Å². The lowest BCUT2D eigenvalue weighted by Gasteiger charge is -2.21. The van der Waals surface area contributed by atoms with Gasteiger partial charge in [-0.15, -0.1) is 11.8 Å². The quantitative estimate of drug-likeness (QED) is 0.632. The van der Waals surface area contributed by atoms with Crippen molar-refractivity contribution in [2.45, 2.75) is 31.6 Å². The van der Waals surface area contributed by atoms with Crippen LogP contribution in [0.25, 0.3) is 0 Å². The van der Waals surface area contributed by atoms with Gasteiger partial charge in [-0.2, -0.15) is 0 Å². The molecule has 0 aliphatic carbocycles. The van der Waals surface area contributed by atoms with Crippen molar-refractivity contribution in [1.82, 2.24) is 0 Å². The van der Waals surface area contributed by atoms with E-state index in [1.54, 1.807) is 31.7 Å². The van der Waals surface area contributed by atoms with Crippen LogP contribution in [0.3, 0.4) is 0 Å². The fraction of sp³-hybridized carbons (Fsp3) is 0.429. The largest absolute Gasteiger partial charge is 0.481 e. The van der Waals surface area contributed by atoms with Crippen LogP contribution in [0.1, 0.15) is 37.0 Å². The molecule has 1 aromatic rings. The zero-order chi connectivity index (χ0) is 13.8. The number of aliphatic carboxylic acids is 1. The van der Waals surface area contributed by atoms with E-state index >= 15 is 0 Å². The summed E-state index contributed by atoms with van der Waals surface area (Å²) >= 11 is 1.58. The molecule has 0 fully saturated rings. The Balaban J connectivity index is 2.78. The zero-order valence-electron chi connectivity index (χ0n) is 10.9.